The first kappa shape index (κ1) is 14.5. The second-order valence-corrected chi connectivity index (χ2v) is 6.60. The van der Waals surface area contributed by atoms with Crippen molar-refractivity contribution in [3.05, 3.63) is 66.0 Å². The van der Waals surface area contributed by atoms with Crippen LogP contribution in [0.25, 0.3) is 11.4 Å². The number of hydrogen-bond donors (Lipinski definition) is 0. The standard InChI is InChI=1S/C18H16FN3S/c19-16-9-5-4-8-15(16)17-20-21-18(22(17)14-10-11-14)23-12-13-6-2-1-3-7-13/h1-9,14H,10-12H2. The van der Waals surface area contributed by atoms with Gasteiger partial charge in [-0.15, -0.1) is 10.2 Å². The Kier molecular flexibility index (Phi) is 3.87. The van der Waals surface area contributed by atoms with Gasteiger partial charge in [-0.1, -0.05) is 54.2 Å². The van der Waals surface area contributed by atoms with Crippen molar-refractivity contribution >= 4 is 11.8 Å². The Bertz CT molecular complexity index is 812. The van der Waals surface area contributed by atoms with E-state index < -0.39 is 0 Å². The van der Waals surface area contributed by atoms with Gasteiger partial charge < -0.3 is 0 Å². The lowest BCUT2D eigenvalue weighted by Crippen LogP contribution is -2.01. The zero-order valence-electron chi connectivity index (χ0n) is 12.5. The summed E-state index contributed by atoms with van der Waals surface area (Å²) in [5.41, 5.74) is 1.77. The van der Waals surface area contributed by atoms with Gasteiger partial charge in [-0.05, 0) is 30.5 Å². The number of nitrogens with zero attached hydrogens (tertiary/aromatic N) is 3. The molecule has 23 heavy (non-hydrogen) atoms. The number of benzene rings is 2. The van der Waals surface area contributed by atoms with Crippen LogP contribution >= 0.6 is 11.8 Å². The first-order valence-corrected chi connectivity index (χ1v) is 8.68. The van der Waals surface area contributed by atoms with Gasteiger partial charge in [0.25, 0.3) is 0 Å². The summed E-state index contributed by atoms with van der Waals surface area (Å²) < 4.78 is 16.2. The number of halogens is 1. The Labute approximate surface area is 138 Å². The molecule has 1 fully saturated rings. The third-order valence-corrected chi connectivity index (χ3v) is 4.92. The molecule has 1 aliphatic carbocycles. The molecule has 0 atom stereocenters. The van der Waals surface area contributed by atoms with Gasteiger partial charge in [0, 0.05) is 11.8 Å². The fraction of sp³-hybridized carbons (Fsp3) is 0.222. The average molecular weight is 325 g/mol. The number of thioether (sulfide) groups is 1. The van der Waals surface area contributed by atoms with Gasteiger partial charge in [-0.25, -0.2) is 4.39 Å². The van der Waals surface area contributed by atoms with E-state index in [0.717, 1.165) is 23.8 Å². The molecule has 0 radical (unpaired) electrons. The normalized spacial score (nSPS) is 14.1. The van der Waals surface area contributed by atoms with Gasteiger partial charge in [0.05, 0.1) is 5.56 Å². The van der Waals surface area contributed by atoms with E-state index in [1.54, 1.807) is 23.9 Å². The van der Waals surface area contributed by atoms with Crippen LogP contribution in [-0.2, 0) is 5.75 Å². The molecule has 0 unspecified atom stereocenters. The van der Waals surface area contributed by atoms with Crippen molar-refractivity contribution in [3.8, 4) is 11.4 Å². The summed E-state index contributed by atoms with van der Waals surface area (Å²) in [6.07, 6.45) is 2.22. The zero-order chi connectivity index (χ0) is 15.6. The highest BCUT2D eigenvalue weighted by molar-refractivity contribution is 7.98. The summed E-state index contributed by atoms with van der Waals surface area (Å²) in [7, 11) is 0. The molecule has 0 amide bonds. The number of aromatic nitrogens is 3. The lowest BCUT2D eigenvalue weighted by molar-refractivity contribution is 0.622. The van der Waals surface area contributed by atoms with Crippen molar-refractivity contribution in [2.24, 2.45) is 0 Å². The van der Waals surface area contributed by atoms with Crippen LogP contribution in [0.2, 0.25) is 0 Å². The van der Waals surface area contributed by atoms with Crippen LogP contribution < -0.4 is 0 Å². The molecule has 5 heteroatoms. The fourth-order valence-electron chi connectivity index (χ4n) is 2.59. The van der Waals surface area contributed by atoms with E-state index in [-0.39, 0.29) is 5.82 Å². The predicted molar refractivity (Wildman–Crippen MR) is 89.7 cm³/mol. The minimum absolute atomic E-state index is 0.249. The van der Waals surface area contributed by atoms with Crippen molar-refractivity contribution in [1.82, 2.24) is 14.8 Å². The quantitative estimate of drug-likeness (QED) is 0.636. The Morgan fingerprint density at radius 1 is 1.00 bits per heavy atom. The lowest BCUT2D eigenvalue weighted by Gasteiger charge is -2.09. The highest BCUT2D eigenvalue weighted by Crippen LogP contribution is 2.41. The van der Waals surface area contributed by atoms with E-state index in [0.29, 0.717) is 17.4 Å². The molecule has 1 aliphatic rings. The van der Waals surface area contributed by atoms with E-state index in [1.807, 2.05) is 24.3 Å². The molecule has 1 heterocycles. The van der Waals surface area contributed by atoms with E-state index in [1.165, 1.54) is 11.6 Å². The number of hydrogen-bond acceptors (Lipinski definition) is 3. The van der Waals surface area contributed by atoms with Gasteiger partial charge >= 0.3 is 0 Å². The van der Waals surface area contributed by atoms with Crippen LogP contribution in [-0.4, -0.2) is 14.8 Å². The monoisotopic (exact) mass is 325 g/mol. The molecule has 0 bridgehead atoms. The third-order valence-electron chi connectivity index (χ3n) is 3.90. The van der Waals surface area contributed by atoms with Gasteiger partial charge in [0.15, 0.2) is 11.0 Å². The minimum Gasteiger partial charge on any atom is -0.299 e. The largest absolute Gasteiger partial charge is 0.299 e. The van der Waals surface area contributed by atoms with Crippen LogP contribution in [0.1, 0.15) is 24.4 Å². The zero-order valence-corrected chi connectivity index (χ0v) is 13.3. The maximum atomic E-state index is 14.1. The Hall–Kier alpha value is -2.14. The molecular formula is C18H16FN3S. The fourth-order valence-corrected chi connectivity index (χ4v) is 3.55. The predicted octanol–water partition coefficient (Wildman–Crippen LogP) is 4.71. The Balaban J connectivity index is 1.65. The van der Waals surface area contributed by atoms with Crippen LogP contribution in [0.3, 0.4) is 0 Å². The van der Waals surface area contributed by atoms with Crippen molar-refractivity contribution in [1.29, 1.82) is 0 Å². The Morgan fingerprint density at radius 3 is 2.48 bits per heavy atom. The SMILES string of the molecule is Fc1ccccc1-c1nnc(SCc2ccccc2)n1C1CC1. The average Bonchev–Trinajstić information content (AvgIpc) is 3.34. The maximum absolute atomic E-state index is 14.1. The number of rotatable bonds is 5. The van der Waals surface area contributed by atoms with Crippen LogP contribution in [0.5, 0.6) is 0 Å². The van der Waals surface area contributed by atoms with Crippen molar-refractivity contribution in [2.45, 2.75) is 29.8 Å². The Morgan fingerprint density at radius 2 is 1.74 bits per heavy atom. The molecular weight excluding hydrogens is 309 g/mol. The highest BCUT2D eigenvalue weighted by atomic mass is 32.2. The van der Waals surface area contributed by atoms with E-state index in [9.17, 15) is 4.39 Å². The second kappa shape index (κ2) is 6.16. The van der Waals surface area contributed by atoms with Crippen LogP contribution in [0.15, 0.2) is 59.8 Å². The van der Waals surface area contributed by atoms with Crippen LogP contribution in [0.4, 0.5) is 4.39 Å². The summed E-state index contributed by atoms with van der Waals surface area (Å²) in [6, 6.07) is 17.4. The van der Waals surface area contributed by atoms with Crippen LogP contribution in [0, 0.1) is 5.82 Å². The first-order valence-electron chi connectivity index (χ1n) is 7.69. The third kappa shape index (κ3) is 3.01. The van der Waals surface area contributed by atoms with E-state index in [2.05, 4.69) is 26.9 Å². The molecule has 0 spiro atoms. The van der Waals surface area contributed by atoms with Crippen molar-refractivity contribution in [2.75, 3.05) is 0 Å². The van der Waals surface area contributed by atoms with Gasteiger partial charge in [-0.2, -0.15) is 0 Å². The topological polar surface area (TPSA) is 30.7 Å². The van der Waals surface area contributed by atoms with Gasteiger partial charge in [-0.3, -0.25) is 4.57 Å². The van der Waals surface area contributed by atoms with E-state index in [4.69, 9.17) is 0 Å². The summed E-state index contributed by atoms with van der Waals surface area (Å²) in [5, 5.41) is 9.46. The second-order valence-electron chi connectivity index (χ2n) is 5.66. The molecule has 4 rings (SSSR count). The summed E-state index contributed by atoms with van der Waals surface area (Å²) in [4.78, 5) is 0. The van der Waals surface area contributed by atoms with Crippen molar-refractivity contribution < 1.29 is 4.39 Å². The molecule has 116 valence electrons. The molecule has 0 saturated heterocycles. The van der Waals surface area contributed by atoms with Gasteiger partial charge in [0.2, 0.25) is 0 Å². The summed E-state index contributed by atoms with van der Waals surface area (Å²) in [6.45, 7) is 0. The molecule has 3 aromatic rings. The first-order chi connectivity index (χ1) is 11.3. The molecule has 3 nitrogen and oxygen atoms in total. The molecule has 0 aliphatic heterocycles. The summed E-state index contributed by atoms with van der Waals surface area (Å²) >= 11 is 1.66. The molecule has 1 saturated carbocycles. The van der Waals surface area contributed by atoms with Gasteiger partial charge in [0.1, 0.15) is 5.82 Å². The maximum Gasteiger partial charge on any atom is 0.192 e. The molecule has 1 aromatic heterocycles. The lowest BCUT2D eigenvalue weighted by atomic mass is 10.2. The molecule has 2 aromatic carbocycles. The smallest absolute Gasteiger partial charge is 0.192 e. The minimum atomic E-state index is -0.249. The highest BCUT2D eigenvalue weighted by Gasteiger charge is 2.30. The van der Waals surface area contributed by atoms with Crippen molar-refractivity contribution in [3.63, 3.8) is 0 Å². The molecule has 0 N–H and O–H groups in total. The van der Waals surface area contributed by atoms with E-state index >= 15 is 0 Å². The summed E-state index contributed by atoms with van der Waals surface area (Å²) in [5.74, 6) is 1.23.